The number of hydrogen-bond donors (Lipinski definition) is 1. The van der Waals surface area contributed by atoms with Gasteiger partial charge >= 0.3 is 0 Å². The number of aryl methyl sites for hydroxylation is 1. The van der Waals surface area contributed by atoms with Gasteiger partial charge in [0.2, 0.25) is 0 Å². The lowest BCUT2D eigenvalue weighted by molar-refractivity contribution is 0.314. The predicted molar refractivity (Wildman–Crippen MR) is 74.1 cm³/mol. The van der Waals surface area contributed by atoms with Crippen LogP contribution >= 0.6 is 0 Å². The molecule has 0 aliphatic carbocycles. The number of fused-ring (bicyclic) bond motifs is 1. The largest absolute Gasteiger partial charge is 0.490 e. The van der Waals surface area contributed by atoms with Gasteiger partial charge in [0.1, 0.15) is 23.7 Å². The van der Waals surface area contributed by atoms with E-state index in [1.54, 1.807) is 4.90 Å². The van der Waals surface area contributed by atoms with Crippen LogP contribution in [0, 0.1) is 0 Å². The lowest BCUT2D eigenvalue weighted by atomic mass is 10.1. The summed E-state index contributed by atoms with van der Waals surface area (Å²) < 4.78 is 5.57. The van der Waals surface area contributed by atoms with Gasteiger partial charge in [0.25, 0.3) is 10.9 Å². The molecule has 1 aliphatic heterocycles. The Morgan fingerprint density at radius 3 is 2.79 bits per heavy atom. The normalized spacial score (nSPS) is 14.3. The maximum Gasteiger partial charge on any atom is 0.253 e. The smallest absolute Gasteiger partial charge is 0.253 e. The van der Waals surface area contributed by atoms with Crippen LogP contribution in [0.3, 0.4) is 0 Å². The molecule has 0 bridgehead atoms. The van der Waals surface area contributed by atoms with Crippen LogP contribution in [0.1, 0.15) is 12.5 Å². The first kappa shape index (κ1) is 11.8. The SMILES string of the molecule is CCc1ccc2c(c1)N(c1c(N)c(=O)c1=O)CCO2. The van der Waals surface area contributed by atoms with Gasteiger partial charge in [0, 0.05) is 0 Å². The van der Waals surface area contributed by atoms with E-state index in [-0.39, 0.29) is 5.69 Å². The van der Waals surface area contributed by atoms with Crippen molar-refractivity contribution in [2.24, 2.45) is 0 Å². The topological polar surface area (TPSA) is 72.6 Å². The van der Waals surface area contributed by atoms with Crippen molar-refractivity contribution in [1.82, 2.24) is 0 Å². The average Bonchev–Trinajstić information content (AvgIpc) is 2.46. The summed E-state index contributed by atoms with van der Waals surface area (Å²) in [5, 5.41) is 0. The summed E-state index contributed by atoms with van der Waals surface area (Å²) in [5.74, 6) is 0.718. The zero-order chi connectivity index (χ0) is 13.6. The van der Waals surface area contributed by atoms with E-state index < -0.39 is 10.9 Å². The molecule has 0 fully saturated rings. The third kappa shape index (κ3) is 1.62. The van der Waals surface area contributed by atoms with Crippen LogP contribution in [-0.4, -0.2) is 13.2 Å². The third-order valence-electron chi connectivity index (χ3n) is 3.49. The molecule has 1 heterocycles. The van der Waals surface area contributed by atoms with Gasteiger partial charge in [-0.3, -0.25) is 9.59 Å². The number of rotatable bonds is 2. The molecule has 3 rings (SSSR count). The van der Waals surface area contributed by atoms with E-state index in [0.29, 0.717) is 18.8 Å². The van der Waals surface area contributed by atoms with E-state index in [9.17, 15) is 9.59 Å². The maximum atomic E-state index is 11.7. The first-order valence-electron chi connectivity index (χ1n) is 6.25. The van der Waals surface area contributed by atoms with Crippen LogP contribution in [0.15, 0.2) is 27.8 Å². The van der Waals surface area contributed by atoms with Gasteiger partial charge in [-0.05, 0) is 24.1 Å². The van der Waals surface area contributed by atoms with Crippen molar-refractivity contribution in [3.05, 3.63) is 44.2 Å². The van der Waals surface area contributed by atoms with E-state index in [1.165, 1.54) is 0 Å². The molecular weight excluding hydrogens is 244 g/mol. The van der Waals surface area contributed by atoms with Gasteiger partial charge in [-0.25, -0.2) is 0 Å². The Morgan fingerprint density at radius 1 is 1.32 bits per heavy atom. The van der Waals surface area contributed by atoms with Gasteiger partial charge in [-0.1, -0.05) is 13.0 Å². The van der Waals surface area contributed by atoms with Crippen molar-refractivity contribution < 1.29 is 4.74 Å². The van der Waals surface area contributed by atoms with E-state index >= 15 is 0 Å². The minimum atomic E-state index is -0.588. The van der Waals surface area contributed by atoms with E-state index in [1.807, 2.05) is 18.2 Å². The lowest BCUT2D eigenvalue weighted by Gasteiger charge is -2.32. The fourth-order valence-electron chi connectivity index (χ4n) is 2.38. The molecule has 98 valence electrons. The highest BCUT2D eigenvalue weighted by atomic mass is 16.5. The Labute approximate surface area is 109 Å². The molecule has 0 radical (unpaired) electrons. The molecule has 2 aromatic rings. The van der Waals surface area contributed by atoms with Crippen LogP contribution in [0.25, 0.3) is 0 Å². The van der Waals surface area contributed by atoms with E-state index in [0.717, 1.165) is 23.4 Å². The van der Waals surface area contributed by atoms with Crippen LogP contribution < -0.4 is 26.2 Å². The Kier molecular flexibility index (Phi) is 2.55. The fourth-order valence-corrected chi connectivity index (χ4v) is 2.38. The summed E-state index contributed by atoms with van der Waals surface area (Å²) in [6, 6.07) is 5.86. The van der Waals surface area contributed by atoms with Gasteiger partial charge in [-0.15, -0.1) is 0 Å². The standard InChI is InChI=1S/C14H14N2O3/c1-2-8-3-4-10-9(7-8)16(5-6-19-10)12-11(15)13(17)14(12)18/h3-4,7H,2,5-6,15H2,1H3. The van der Waals surface area contributed by atoms with E-state index in [2.05, 4.69) is 6.92 Å². The van der Waals surface area contributed by atoms with Gasteiger partial charge in [-0.2, -0.15) is 0 Å². The molecule has 5 heteroatoms. The van der Waals surface area contributed by atoms with Crippen LogP contribution in [0.4, 0.5) is 17.1 Å². The molecule has 0 saturated heterocycles. The quantitative estimate of drug-likeness (QED) is 0.812. The molecule has 0 unspecified atom stereocenters. The number of nitrogens with two attached hydrogens (primary N) is 1. The minimum Gasteiger partial charge on any atom is -0.490 e. The second-order valence-electron chi connectivity index (χ2n) is 4.58. The highest BCUT2D eigenvalue weighted by molar-refractivity contribution is 5.81. The number of benzene rings is 1. The van der Waals surface area contributed by atoms with Crippen molar-refractivity contribution in [2.75, 3.05) is 23.8 Å². The summed E-state index contributed by atoms with van der Waals surface area (Å²) >= 11 is 0. The van der Waals surface area contributed by atoms with Crippen molar-refractivity contribution in [3.8, 4) is 5.75 Å². The van der Waals surface area contributed by atoms with Crippen LogP contribution in [0.5, 0.6) is 5.75 Å². The Morgan fingerprint density at radius 2 is 2.11 bits per heavy atom. The Hall–Kier alpha value is -2.30. The molecule has 0 spiro atoms. The summed E-state index contributed by atoms with van der Waals surface area (Å²) in [6.07, 6.45) is 0.891. The van der Waals surface area contributed by atoms with Crippen molar-refractivity contribution in [1.29, 1.82) is 0 Å². The highest BCUT2D eigenvalue weighted by Crippen LogP contribution is 2.37. The van der Waals surface area contributed by atoms with Crippen molar-refractivity contribution in [2.45, 2.75) is 13.3 Å². The molecule has 1 aliphatic rings. The molecule has 19 heavy (non-hydrogen) atoms. The number of nitrogen functional groups attached to an aromatic ring is 1. The third-order valence-corrected chi connectivity index (χ3v) is 3.49. The van der Waals surface area contributed by atoms with Crippen molar-refractivity contribution >= 4 is 17.1 Å². The fraction of sp³-hybridized carbons (Fsp3) is 0.286. The van der Waals surface area contributed by atoms with Crippen LogP contribution in [-0.2, 0) is 6.42 Å². The first-order valence-corrected chi connectivity index (χ1v) is 6.25. The average molecular weight is 258 g/mol. The second kappa shape index (κ2) is 4.12. The van der Waals surface area contributed by atoms with Gasteiger partial charge in [0.15, 0.2) is 0 Å². The summed E-state index contributed by atoms with van der Waals surface area (Å²) in [5.41, 5.74) is 6.86. The minimum absolute atomic E-state index is 0.0553. The molecule has 0 amide bonds. The predicted octanol–water partition coefficient (Wildman–Crippen LogP) is 0.958. The highest BCUT2D eigenvalue weighted by Gasteiger charge is 2.28. The van der Waals surface area contributed by atoms with Crippen LogP contribution in [0.2, 0.25) is 0 Å². The molecule has 2 N–H and O–H groups in total. The lowest BCUT2D eigenvalue weighted by Crippen LogP contribution is -2.43. The zero-order valence-corrected chi connectivity index (χ0v) is 10.6. The summed E-state index contributed by atoms with van der Waals surface area (Å²) in [6.45, 7) is 3.05. The van der Waals surface area contributed by atoms with Gasteiger partial charge in [0.05, 0.1) is 12.2 Å². The van der Waals surface area contributed by atoms with Gasteiger partial charge < -0.3 is 15.4 Å². The second-order valence-corrected chi connectivity index (χ2v) is 4.58. The molecule has 0 aromatic heterocycles. The maximum absolute atomic E-state index is 11.7. The summed E-state index contributed by atoms with van der Waals surface area (Å²) in [7, 11) is 0. The number of anilines is 3. The molecular formula is C14H14N2O3. The van der Waals surface area contributed by atoms with E-state index in [4.69, 9.17) is 10.5 Å². The molecule has 0 saturated carbocycles. The number of nitrogens with zero attached hydrogens (tertiary/aromatic N) is 1. The zero-order valence-electron chi connectivity index (χ0n) is 10.6. The Bertz CT molecular complexity index is 714. The molecule has 0 atom stereocenters. The number of hydrogen-bond acceptors (Lipinski definition) is 5. The number of ether oxygens (including phenoxy) is 1. The molecule has 2 aromatic carbocycles. The monoisotopic (exact) mass is 258 g/mol. The van der Waals surface area contributed by atoms with Crippen molar-refractivity contribution in [3.63, 3.8) is 0 Å². The molecule has 5 nitrogen and oxygen atoms in total. The Balaban J connectivity index is 2.12. The summed E-state index contributed by atoms with van der Waals surface area (Å²) in [4.78, 5) is 24.7. The first-order chi connectivity index (χ1) is 9.13.